The second kappa shape index (κ2) is 6.33. The molecule has 0 aliphatic rings. The van der Waals surface area contributed by atoms with Crippen molar-refractivity contribution in [2.45, 2.75) is 32.7 Å². The van der Waals surface area contributed by atoms with Gasteiger partial charge in [-0.2, -0.15) is 0 Å². The number of nitrogens with one attached hydrogen (secondary N) is 2. The number of carbonyl (C=O) groups excluding carboxylic acids is 1. The zero-order valence-corrected chi connectivity index (χ0v) is 10.2. The van der Waals surface area contributed by atoms with Crippen molar-refractivity contribution in [3.05, 3.63) is 23.5 Å². The highest BCUT2D eigenvalue weighted by Crippen LogP contribution is 2.11. The second-order valence-electron chi connectivity index (χ2n) is 3.66. The van der Waals surface area contributed by atoms with Crippen LogP contribution in [0.25, 0.3) is 0 Å². The monoisotopic (exact) mass is 241 g/mol. The highest BCUT2D eigenvalue weighted by atomic mass is 35.5. The van der Waals surface area contributed by atoms with Crippen molar-refractivity contribution in [1.29, 1.82) is 0 Å². The molecule has 0 aromatic carbocycles. The molecule has 1 atom stereocenters. The van der Waals surface area contributed by atoms with E-state index in [1.54, 1.807) is 18.3 Å². The van der Waals surface area contributed by atoms with E-state index in [0.29, 0.717) is 10.8 Å². The van der Waals surface area contributed by atoms with Gasteiger partial charge in [-0.1, -0.05) is 24.9 Å². The Morgan fingerprint density at radius 1 is 1.62 bits per heavy atom. The van der Waals surface area contributed by atoms with Gasteiger partial charge in [0, 0.05) is 17.9 Å². The average molecular weight is 242 g/mol. The van der Waals surface area contributed by atoms with Gasteiger partial charge < -0.3 is 10.6 Å². The first kappa shape index (κ1) is 12.8. The Bertz CT molecular complexity index is 357. The maximum atomic E-state index is 11.5. The summed E-state index contributed by atoms with van der Waals surface area (Å²) < 4.78 is 0. The molecule has 0 bridgehead atoms. The summed E-state index contributed by atoms with van der Waals surface area (Å²) in [6, 6.07) is 3.24. The van der Waals surface area contributed by atoms with E-state index in [9.17, 15) is 4.79 Å². The van der Waals surface area contributed by atoms with Crippen LogP contribution < -0.4 is 10.6 Å². The Labute approximate surface area is 100 Å². The van der Waals surface area contributed by atoms with E-state index in [-0.39, 0.29) is 12.1 Å². The minimum atomic E-state index is -0.219. The molecule has 0 fully saturated rings. The van der Waals surface area contributed by atoms with Gasteiger partial charge in [-0.25, -0.2) is 9.78 Å². The summed E-state index contributed by atoms with van der Waals surface area (Å²) in [6.07, 6.45) is 3.56. The van der Waals surface area contributed by atoms with Crippen LogP contribution in [0.1, 0.15) is 26.7 Å². The lowest BCUT2D eigenvalue weighted by Gasteiger charge is -2.13. The molecule has 5 heteroatoms. The van der Waals surface area contributed by atoms with Gasteiger partial charge in [-0.3, -0.25) is 0 Å². The molecule has 4 nitrogen and oxygen atoms in total. The molecule has 0 saturated carbocycles. The summed E-state index contributed by atoms with van der Waals surface area (Å²) in [5.41, 5.74) is 0.640. The Hall–Kier alpha value is -1.29. The minimum absolute atomic E-state index is 0.169. The number of hydrogen-bond acceptors (Lipinski definition) is 2. The lowest BCUT2D eigenvalue weighted by molar-refractivity contribution is 0.248. The normalized spacial score (nSPS) is 11.9. The molecule has 2 amide bonds. The quantitative estimate of drug-likeness (QED) is 0.796. The zero-order valence-electron chi connectivity index (χ0n) is 9.46. The maximum absolute atomic E-state index is 11.5. The number of rotatable bonds is 4. The van der Waals surface area contributed by atoms with Crippen molar-refractivity contribution in [1.82, 2.24) is 10.3 Å². The van der Waals surface area contributed by atoms with Crippen molar-refractivity contribution < 1.29 is 4.79 Å². The molecule has 1 rings (SSSR count). The van der Waals surface area contributed by atoms with E-state index in [1.807, 2.05) is 6.92 Å². The van der Waals surface area contributed by atoms with Crippen LogP contribution in [0.15, 0.2) is 18.3 Å². The summed E-state index contributed by atoms with van der Waals surface area (Å²) >= 11 is 5.70. The van der Waals surface area contributed by atoms with Gasteiger partial charge in [-0.05, 0) is 25.5 Å². The molecule has 0 saturated heterocycles. The number of urea groups is 1. The molecule has 0 radical (unpaired) electrons. The summed E-state index contributed by atoms with van der Waals surface area (Å²) in [5.74, 6) is 0. The van der Waals surface area contributed by atoms with Crippen LogP contribution >= 0.6 is 11.6 Å². The van der Waals surface area contributed by atoms with Crippen LogP contribution in [0.4, 0.5) is 10.5 Å². The molecule has 0 spiro atoms. The first-order valence-electron chi connectivity index (χ1n) is 5.31. The fraction of sp³-hybridized carbons (Fsp3) is 0.455. The van der Waals surface area contributed by atoms with E-state index in [0.717, 1.165) is 12.8 Å². The number of carbonyl (C=O) groups is 1. The van der Waals surface area contributed by atoms with E-state index in [2.05, 4.69) is 22.5 Å². The third-order valence-electron chi connectivity index (χ3n) is 2.08. The topological polar surface area (TPSA) is 54.0 Å². The van der Waals surface area contributed by atoms with E-state index < -0.39 is 0 Å². The maximum Gasteiger partial charge on any atom is 0.319 e. The smallest absolute Gasteiger partial charge is 0.319 e. The van der Waals surface area contributed by atoms with Crippen molar-refractivity contribution in [2.75, 3.05) is 5.32 Å². The Balaban J connectivity index is 2.45. The lowest BCUT2D eigenvalue weighted by atomic mass is 10.2. The average Bonchev–Trinajstić information content (AvgIpc) is 2.17. The predicted molar refractivity (Wildman–Crippen MR) is 65.8 cm³/mol. The summed E-state index contributed by atoms with van der Waals surface area (Å²) in [5, 5.41) is 5.89. The number of nitrogens with zero attached hydrogens (tertiary/aromatic N) is 1. The number of halogens is 1. The molecule has 0 aliphatic carbocycles. The highest BCUT2D eigenvalue weighted by molar-refractivity contribution is 6.29. The van der Waals surface area contributed by atoms with Crippen LogP contribution in [0.5, 0.6) is 0 Å². The Morgan fingerprint density at radius 2 is 2.38 bits per heavy atom. The Morgan fingerprint density at radius 3 is 3.00 bits per heavy atom. The zero-order chi connectivity index (χ0) is 12.0. The molecule has 0 aliphatic heterocycles. The van der Waals surface area contributed by atoms with Gasteiger partial charge >= 0.3 is 6.03 Å². The second-order valence-corrected chi connectivity index (χ2v) is 4.04. The molecule has 1 aromatic heterocycles. The van der Waals surface area contributed by atoms with Gasteiger partial charge in [0.25, 0.3) is 0 Å². The van der Waals surface area contributed by atoms with E-state index in [4.69, 9.17) is 11.6 Å². The van der Waals surface area contributed by atoms with Crippen molar-refractivity contribution >= 4 is 23.3 Å². The largest absolute Gasteiger partial charge is 0.335 e. The van der Waals surface area contributed by atoms with Gasteiger partial charge in [0.2, 0.25) is 0 Å². The molecular formula is C11H16ClN3O. The first-order chi connectivity index (χ1) is 7.61. The number of aromatic nitrogens is 1. The number of pyridine rings is 1. The van der Waals surface area contributed by atoms with Gasteiger partial charge in [-0.15, -0.1) is 0 Å². The highest BCUT2D eigenvalue weighted by Gasteiger charge is 2.06. The summed E-state index contributed by atoms with van der Waals surface area (Å²) in [4.78, 5) is 15.4. The molecule has 88 valence electrons. The lowest BCUT2D eigenvalue weighted by Crippen LogP contribution is -2.35. The van der Waals surface area contributed by atoms with E-state index >= 15 is 0 Å². The predicted octanol–water partition coefficient (Wildman–Crippen LogP) is 3.05. The third-order valence-corrected chi connectivity index (χ3v) is 2.29. The third kappa shape index (κ3) is 4.49. The fourth-order valence-corrected chi connectivity index (χ4v) is 1.55. The number of anilines is 1. The van der Waals surface area contributed by atoms with Crippen molar-refractivity contribution in [3.63, 3.8) is 0 Å². The van der Waals surface area contributed by atoms with Crippen molar-refractivity contribution in [2.24, 2.45) is 0 Å². The Kier molecular flexibility index (Phi) is 5.05. The molecule has 2 N–H and O–H groups in total. The number of amides is 2. The van der Waals surface area contributed by atoms with Crippen LogP contribution in [-0.4, -0.2) is 17.1 Å². The van der Waals surface area contributed by atoms with Gasteiger partial charge in [0.1, 0.15) is 5.15 Å². The fourth-order valence-electron chi connectivity index (χ4n) is 1.38. The molecule has 1 unspecified atom stereocenters. The van der Waals surface area contributed by atoms with Crippen LogP contribution in [-0.2, 0) is 0 Å². The van der Waals surface area contributed by atoms with Crippen LogP contribution in [0.2, 0.25) is 5.15 Å². The van der Waals surface area contributed by atoms with Crippen LogP contribution in [0.3, 0.4) is 0 Å². The minimum Gasteiger partial charge on any atom is -0.335 e. The standard InChI is InChI=1S/C11H16ClN3O/c1-3-4-8(2)14-11(16)15-9-5-6-13-10(12)7-9/h5-8H,3-4H2,1-2H3,(H2,13,14,15,16). The van der Waals surface area contributed by atoms with Crippen LogP contribution in [0, 0.1) is 0 Å². The molecule has 1 aromatic rings. The first-order valence-corrected chi connectivity index (χ1v) is 5.68. The molecule has 1 heterocycles. The van der Waals surface area contributed by atoms with Gasteiger partial charge in [0.05, 0.1) is 0 Å². The summed E-state index contributed by atoms with van der Waals surface area (Å²) in [7, 11) is 0. The van der Waals surface area contributed by atoms with Gasteiger partial charge in [0.15, 0.2) is 0 Å². The molecular weight excluding hydrogens is 226 g/mol. The number of hydrogen-bond donors (Lipinski definition) is 2. The van der Waals surface area contributed by atoms with Crippen molar-refractivity contribution in [3.8, 4) is 0 Å². The van der Waals surface area contributed by atoms with E-state index in [1.165, 1.54) is 0 Å². The summed E-state index contributed by atoms with van der Waals surface area (Å²) in [6.45, 7) is 4.06. The molecule has 16 heavy (non-hydrogen) atoms. The SMILES string of the molecule is CCCC(C)NC(=O)Nc1ccnc(Cl)c1.